The normalized spacial score (nSPS) is 10.3. The van der Waals surface area contributed by atoms with Gasteiger partial charge in [-0.1, -0.05) is 6.07 Å². The second-order valence-electron chi connectivity index (χ2n) is 4.65. The summed E-state index contributed by atoms with van der Waals surface area (Å²) in [6, 6.07) is 7.77. The van der Waals surface area contributed by atoms with Gasteiger partial charge in [0.15, 0.2) is 11.5 Å². The van der Waals surface area contributed by atoms with Crippen LogP contribution in [0.2, 0.25) is 0 Å². The number of rotatable bonds is 2. The number of hydrogen-bond acceptors (Lipinski definition) is 4. The fourth-order valence-corrected chi connectivity index (χ4v) is 1.88. The molecule has 0 aliphatic rings. The molecule has 0 spiro atoms. The topological polar surface area (TPSA) is 95.6 Å². The molecular formula is C15H16N2O3. The Morgan fingerprint density at radius 1 is 1.15 bits per heavy atom. The summed E-state index contributed by atoms with van der Waals surface area (Å²) in [5.74, 6) is -1.26. The van der Waals surface area contributed by atoms with Crippen LogP contribution >= 0.6 is 0 Å². The highest BCUT2D eigenvalue weighted by molar-refractivity contribution is 6.07. The maximum Gasteiger partial charge on any atom is 0.259 e. The van der Waals surface area contributed by atoms with E-state index in [0.29, 0.717) is 11.4 Å². The molecule has 1 amide bonds. The van der Waals surface area contributed by atoms with Gasteiger partial charge >= 0.3 is 0 Å². The molecule has 0 unspecified atom stereocenters. The van der Waals surface area contributed by atoms with E-state index in [4.69, 9.17) is 5.73 Å². The van der Waals surface area contributed by atoms with Crippen LogP contribution in [0.5, 0.6) is 11.5 Å². The van der Waals surface area contributed by atoms with Gasteiger partial charge in [0.05, 0.1) is 5.56 Å². The molecule has 0 atom stereocenters. The van der Waals surface area contributed by atoms with E-state index in [1.165, 1.54) is 18.2 Å². The Kier molecular flexibility index (Phi) is 3.52. The van der Waals surface area contributed by atoms with Gasteiger partial charge in [-0.05, 0) is 49.2 Å². The van der Waals surface area contributed by atoms with Crippen LogP contribution in [0.1, 0.15) is 21.5 Å². The predicted octanol–water partition coefficient (Wildman–Crippen LogP) is 2.55. The molecular weight excluding hydrogens is 256 g/mol. The van der Waals surface area contributed by atoms with Gasteiger partial charge in [0.25, 0.3) is 5.91 Å². The van der Waals surface area contributed by atoms with E-state index < -0.39 is 11.7 Å². The average molecular weight is 272 g/mol. The number of benzene rings is 2. The molecule has 2 aromatic rings. The van der Waals surface area contributed by atoms with Crippen LogP contribution in [-0.4, -0.2) is 16.1 Å². The Hall–Kier alpha value is -2.69. The molecule has 0 radical (unpaired) electrons. The van der Waals surface area contributed by atoms with Crippen molar-refractivity contribution in [2.75, 3.05) is 11.1 Å². The van der Waals surface area contributed by atoms with Crippen LogP contribution in [0.25, 0.3) is 0 Å². The first-order valence-corrected chi connectivity index (χ1v) is 6.09. The quantitative estimate of drug-likeness (QED) is 0.499. The Bertz CT molecular complexity index is 681. The number of nitrogen functional groups attached to an aromatic ring is 1. The number of nitrogens with one attached hydrogen (secondary N) is 1. The van der Waals surface area contributed by atoms with Crippen molar-refractivity contribution >= 4 is 17.3 Å². The number of hydrogen-bond donors (Lipinski definition) is 4. The van der Waals surface area contributed by atoms with E-state index in [2.05, 4.69) is 5.32 Å². The molecule has 0 fully saturated rings. The first kappa shape index (κ1) is 13.7. The van der Waals surface area contributed by atoms with Crippen molar-refractivity contribution in [1.82, 2.24) is 0 Å². The molecule has 2 aromatic carbocycles. The van der Waals surface area contributed by atoms with E-state index in [9.17, 15) is 15.0 Å². The largest absolute Gasteiger partial charge is 0.504 e. The molecule has 5 N–H and O–H groups in total. The Labute approximate surface area is 116 Å². The van der Waals surface area contributed by atoms with Gasteiger partial charge in [0.2, 0.25) is 0 Å². The van der Waals surface area contributed by atoms with Crippen molar-refractivity contribution < 1.29 is 15.0 Å². The number of phenolic OH excluding ortho intramolecular Hbond substituents is 2. The minimum Gasteiger partial charge on any atom is -0.504 e. The highest BCUT2D eigenvalue weighted by Gasteiger charge is 2.15. The van der Waals surface area contributed by atoms with Gasteiger partial charge in [-0.25, -0.2) is 0 Å². The number of para-hydroxylation sites is 1. The zero-order valence-electron chi connectivity index (χ0n) is 11.3. The number of aromatic hydroxyl groups is 2. The number of carbonyl (C=O) groups excluding carboxylic acids is 1. The van der Waals surface area contributed by atoms with E-state index in [1.54, 1.807) is 12.1 Å². The lowest BCUT2D eigenvalue weighted by Gasteiger charge is -2.12. The van der Waals surface area contributed by atoms with Gasteiger partial charge < -0.3 is 21.3 Å². The molecule has 5 nitrogen and oxygen atoms in total. The SMILES string of the molecule is Cc1cc(NC(=O)c2cccc(O)c2O)c(C)cc1N. The number of amides is 1. The number of carbonyl (C=O) groups is 1. The molecule has 20 heavy (non-hydrogen) atoms. The zero-order valence-corrected chi connectivity index (χ0v) is 11.3. The minimum absolute atomic E-state index is 0.0129. The molecule has 0 aliphatic carbocycles. The lowest BCUT2D eigenvalue weighted by molar-refractivity contribution is 0.102. The van der Waals surface area contributed by atoms with Gasteiger partial charge in [0, 0.05) is 11.4 Å². The monoisotopic (exact) mass is 272 g/mol. The summed E-state index contributed by atoms with van der Waals surface area (Å²) in [6.07, 6.45) is 0. The first-order chi connectivity index (χ1) is 9.40. The summed E-state index contributed by atoms with van der Waals surface area (Å²) in [5.41, 5.74) is 8.74. The molecule has 5 heteroatoms. The summed E-state index contributed by atoms with van der Waals surface area (Å²) < 4.78 is 0. The fraction of sp³-hybridized carbons (Fsp3) is 0.133. The van der Waals surface area contributed by atoms with Gasteiger partial charge in [-0.15, -0.1) is 0 Å². The molecule has 0 aromatic heterocycles. The van der Waals surface area contributed by atoms with Crippen molar-refractivity contribution in [1.29, 1.82) is 0 Å². The minimum atomic E-state index is -0.495. The zero-order chi connectivity index (χ0) is 14.9. The van der Waals surface area contributed by atoms with Crippen molar-refractivity contribution in [2.24, 2.45) is 0 Å². The number of anilines is 2. The average Bonchev–Trinajstić information content (AvgIpc) is 2.39. The molecule has 0 bridgehead atoms. The van der Waals surface area contributed by atoms with E-state index in [-0.39, 0.29) is 11.3 Å². The summed E-state index contributed by atoms with van der Waals surface area (Å²) in [6.45, 7) is 3.67. The third kappa shape index (κ3) is 2.51. The van der Waals surface area contributed by atoms with E-state index in [0.717, 1.165) is 11.1 Å². The second kappa shape index (κ2) is 5.13. The van der Waals surface area contributed by atoms with Gasteiger partial charge in [0.1, 0.15) is 0 Å². The summed E-state index contributed by atoms with van der Waals surface area (Å²) >= 11 is 0. The van der Waals surface area contributed by atoms with Crippen molar-refractivity contribution in [2.45, 2.75) is 13.8 Å². The third-order valence-electron chi connectivity index (χ3n) is 3.12. The lowest BCUT2D eigenvalue weighted by Crippen LogP contribution is -2.13. The number of phenols is 2. The van der Waals surface area contributed by atoms with Crippen LogP contribution in [0, 0.1) is 13.8 Å². The van der Waals surface area contributed by atoms with Crippen molar-refractivity contribution in [3.63, 3.8) is 0 Å². The van der Waals surface area contributed by atoms with E-state index in [1.807, 2.05) is 13.8 Å². The van der Waals surface area contributed by atoms with Crippen LogP contribution in [0.15, 0.2) is 30.3 Å². The second-order valence-corrected chi connectivity index (χ2v) is 4.65. The Morgan fingerprint density at radius 2 is 1.85 bits per heavy atom. The van der Waals surface area contributed by atoms with Crippen LogP contribution < -0.4 is 11.1 Å². The summed E-state index contributed by atoms with van der Waals surface area (Å²) in [7, 11) is 0. The van der Waals surface area contributed by atoms with Gasteiger partial charge in [-0.2, -0.15) is 0 Å². The number of aryl methyl sites for hydroxylation is 2. The highest BCUT2D eigenvalue weighted by atomic mass is 16.3. The Morgan fingerprint density at radius 3 is 2.55 bits per heavy atom. The van der Waals surface area contributed by atoms with Crippen LogP contribution in [0.3, 0.4) is 0 Å². The third-order valence-corrected chi connectivity index (χ3v) is 3.12. The van der Waals surface area contributed by atoms with Crippen molar-refractivity contribution in [3.05, 3.63) is 47.0 Å². The fourth-order valence-electron chi connectivity index (χ4n) is 1.88. The summed E-state index contributed by atoms with van der Waals surface area (Å²) in [5, 5.41) is 21.8. The standard InChI is InChI=1S/C15H16N2O3/c1-8-7-12(9(2)6-11(8)16)17-15(20)10-4-3-5-13(18)14(10)19/h3-7,18-19H,16H2,1-2H3,(H,17,20). The molecule has 0 saturated carbocycles. The molecule has 2 rings (SSSR count). The molecule has 0 saturated heterocycles. The van der Waals surface area contributed by atoms with Crippen molar-refractivity contribution in [3.8, 4) is 11.5 Å². The molecule has 0 heterocycles. The van der Waals surface area contributed by atoms with Gasteiger partial charge in [-0.3, -0.25) is 4.79 Å². The lowest BCUT2D eigenvalue weighted by atomic mass is 10.1. The summed E-state index contributed by atoms with van der Waals surface area (Å²) in [4.78, 5) is 12.1. The Balaban J connectivity index is 2.33. The van der Waals surface area contributed by atoms with E-state index >= 15 is 0 Å². The maximum atomic E-state index is 12.1. The first-order valence-electron chi connectivity index (χ1n) is 6.09. The predicted molar refractivity (Wildman–Crippen MR) is 78.1 cm³/mol. The molecule has 0 aliphatic heterocycles. The highest BCUT2D eigenvalue weighted by Crippen LogP contribution is 2.29. The number of nitrogens with two attached hydrogens (primary N) is 1. The van der Waals surface area contributed by atoms with Crippen LogP contribution in [-0.2, 0) is 0 Å². The molecule has 104 valence electrons. The van der Waals surface area contributed by atoms with Crippen LogP contribution in [0.4, 0.5) is 11.4 Å². The smallest absolute Gasteiger partial charge is 0.259 e. The maximum absolute atomic E-state index is 12.1.